The van der Waals surface area contributed by atoms with E-state index in [9.17, 15) is 4.79 Å². The van der Waals surface area contributed by atoms with Gasteiger partial charge < -0.3 is 0 Å². The molecule has 0 atom stereocenters. The zero-order valence-electron chi connectivity index (χ0n) is 9.27. The van der Waals surface area contributed by atoms with E-state index >= 15 is 0 Å². The Morgan fingerprint density at radius 2 is 1.75 bits per heavy atom. The number of nitrogens with zero attached hydrogens (tertiary/aromatic N) is 2. The van der Waals surface area contributed by atoms with Gasteiger partial charge >= 0.3 is 0 Å². The first kappa shape index (κ1) is 10.5. The van der Waals surface area contributed by atoms with Crippen LogP contribution < -0.4 is 0 Å². The zero-order chi connectivity index (χ0) is 11.5. The third-order valence-corrected chi connectivity index (χ3v) is 2.41. The molecule has 2 rings (SSSR count). The molecular weight excluding hydrogens is 200 g/mol. The summed E-state index contributed by atoms with van der Waals surface area (Å²) in [4.78, 5) is 19.6. The average Bonchev–Trinajstić information content (AvgIpc) is 2.29. The lowest BCUT2D eigenvalue weighted by Gasteiger charge is -2.07. The molecule has 0 bridgehead atoms. The van der Waals surface area contributed by atoms with Crippen LogP contribution in [-0.2, 0) is 0 Å². The summed E-state index contributed by atoms with van der Waals surface area (Å²) in [6.45, 7) is 3.65. The Morgan fingerprint density at radius 3 is 2.38 bits per heavy atom. The van der Waals surface area contributed by atoms with Crippen molar-refractivity contribution in [2.24, 2.45) is 0 Å². The number of aryl methyl sites for hydroxylation is 2. The third kappa shape index (κ3) is 1.84. The molecule has 0 aliphatic heterocycles. The first-order valence-corrected chi connectivity index (χ1v) is 5.08. The van der Waals surface area contributed by atoms with E-state index in [1.54, 1.807) is 0 Å². The van der Waals surface area contributed by atoms with Crippen molar-refractivity contribution in [3.05, 3.63) is 47.4 Å². The quantitative estimate of drug-likeness (QED) is 0.718. The number of carbonyl (C=O) groups excluding carboxylic acids is 1. The van der Waals surface area contributed by atoms with Crippen molar-refractivity contribution >= 4 is 6.29 Å². The minimum atomic E-state index is 0.566. The van der Waals surface area contributed by atoms with Gasteiger partial charge in [-0.05, 0) is 13.8 Å². The Kier molecular flexibility index (Phi) is 2.77. The summed E-state index contributed by atoms with van der Waals surface area (Å²) in [7, 11) is 0. The largest absolute Gasteiger partial charge is 0.298 e. The lowest BCUT2D eigenvalue weighted by molar-refractivity contribution is 0.112. The summed E-state index contributed by atoms with van der Waals surface area (Å²) >= 11 is 0. The topological polar surface area (TPSA) is 42.9 Å². The minimum absolute atomic E-state index is 0.566. The summed E-state index contributed by atoms with van der Waals surface area (Å²) in [6, 6.07) is 9.67. The van der Waals surface area contributed by atoms with Gasteiger partial charge in [0.15, 0.2) is 6.29 Å². The first-order chi connectivity index (χ1) is 7.72. The fourth-order valence-corrected chi connectivity index (χ4v) is 1.68. The van der Waals surface area contributed by atoms with Crippen LogP contribution in [0.5, 0.6) is 0 Å². The predicted molar refractivity (Wildman–Crippen MR) is 62.3 cm³/mol. The molecule has 0 radical (unpaired) electrons. The highest BCUT2D eigenvalue weighted by Crippen LogP contribution is 2.21. The van der Waals surface area contributed by atoms with Crippen LogP contribution in [0.3, 0.4) is 0 Å². The van der Waals surface area contributed by atoms with Crippen LogP contribution >= 0.6 is 0 Å². The molecule has 0 unspecified atom stereocenters. The van der Waals surface area contributed by atoms with Crippen LogP contribution in [0, 0.1) is 13.8 Å². The lowest BCUT2D eigenvalue weighted by Crippen LogP contribution is -2.01. The molecule has 0 spiro atoms. The van der Waals surface area contributed by atoms with E-state index in [0.29, 0.717) is 17.1 Å². The standard InChI is InChI=1S/C13H12N2O/c1-9-12(8-16)13(15-10(2)14-9)11-6-4-3-5-7-11/h3-8H,1-2H3. The van der Waals surface area contributed by atoms with E-state index in [-0.39, 0.29) is 0 Å². The smallest absolute Gasteiger partial charge is 0.154 e. The fourth-order valence-electron chi connectivity index (χ4n) is 1.68. The monoisotopic (exact) mass is 212 g/mol. The van der Waals surface area contributed by atoms with Crippen LogP contribution in [0.15, 0.2) is 30.3 Å². The van der Waals surface area contributed by atoms with Crippen molar-refractivity contribution in [3.8, 4) is 11.3 Å². The second-order valence-electron chi connectivity index (χ2n) is 3.60. The van der Waals surface area contributed by atoms with Gasteiger partial charge in [-0.25, -0.2) is 9.97 Å². The van der Waals surface area contributed by atoms with Gasteiger partial charge in [0.05, 0.1) is 17.0 Å². The molecule has 1 aromatic heterocycles. The van der Waals surface area contributed by atoms with Crippen LogP contribution in [0.1, 0.15) is 21.9 Å². The maximum Gasteiger partial charge on any atom is 0.154 e. The van der Waals surface area contributed by atoms with Gasteiger partial charge in [-0.1, -0.05) is 30.3 Å². The number of rotatable bonds is 2. The molecule has 1 aromatic carbocycles. The fraction of sp³-hybridized carbons (Fsp3) is 0.154. The molecule has 2 aromatic rings. The molecule has 0 fully saturated rings. The Labute approximate surface area is 94.2 Å². The summed E-state index contributed by atoms with van der Waals surface area (Å²) in [5, 5.41) is 0. The van der Waals surface area contributed by atoms with Crippen molar-refractivity contribution < 1.29 is 4.79 Å². The van der Waals surface area contributed by atoms with E-state index in [2.05, 4.69) is 9.97 Å². The van der Waals surface area contributed by atoms with Gasteiger partial charge in [0.1, 0.15) is 5.82 Å². The summed E-state index contributed by atoms with van der Waals surface area (Å²) in [5.41, 5.74) is 2.94. The van der Waals surface area contributed by atoms with Crippen LogP contribution in [0.2, 0.25) is 0 Å². The highest BCUT2D eigenvalue weighted by Gasteiger charge is 2.10. The first-order valence-electron chi connectivity index (χ1n) is 5.08. The maximum atomic E-state index is 11.1. The van der Waals surface area contributed by atoms with E-state index in [0.717, 1.165) is 17.5 Å². The van der Waals surface area contributed by atoms with Gasteiger partial charge in [-0.2, -0.15) is 0 Å². The SMILES string of the molecule is Cc1nc(C)c(C=O)c(-c2ccccc2)n1. The molecule has 0 saturated carbocycles. The zero-order valence-corrected chi connectivity index (χ0v) is 9.27. The molecule has 16 heavy (non-hydrogen) atoms. The molecule has 3 nitrogen and oxygen atoms in total. The van der Waals surface area contributed by atoms with E-state index < -0.39 is 0 Å². The number of hydrogen-bond donors (Lipinski definition) is 0. The van der Waals surface area contributed by atoms with E-state index in [4.69, 9.17) is 0 Å². The molecule has 0 amide bonds. The molecule has 0 N–H and O–H groups in total. The normalized spacial score (nSPS) is 10.1. The highest BCUT2D eigenvalue weighted by molar-refractivity contribution is 5.86. The second-order valence-corrected chi connectivity index (χ2v) is 3.60. The van der Waals surface area contributed by atoms with Crippen molar-refractivity contribution in [2.45, 2.75) is 13.8 Å². The number of benzene rings is 1. The summed E-state index contributed by atoms with van der Waals surface area (Å²) in [6.07, 6.45) is 0.817. The van der Waals surface area contributed by atoms with Crippen LogP contribution in [-0.4, -0.2) is 16.3 Å². The van der Waals surface area contributed by atoms with Crippen molar-refractivity contribution in [3.63, 3.8) is 0 Å². The Hall–Kier alpha value is -2.03. The predicted octanol–water partition coefficient (Wildman–Crippen LogP) is 2.57. The Bertz CT molecular complexity index is 521. The molecule has 3 heteroatoms. The third-order valence-electron chi connectivity index (χ3n) is 2.41. The number of aldehydes is 1. The van der Waals surface area contributed by atoms with Crippen LogP contribution in [0.25, 0.3) is 11.3 Å². The van der Waals surface area contributed by atoms with Gasteiger partial charge in [-0.15, -0.1) is 0 Å². The van der Waals surface area contributed by atoms with Crippen molar-refractivity contribution in [1.29, 1.82) is 0 Å². The lowest BCUT2D eigenvalue weighted by atomic mass is 10.1. The average molecular weight is 212 g/mol. The molecule has 0 aliphatic rings. The molecule has 0 saturated heterocycles. The Morgan fingerprint density at radius 1 is 1.06 bits per heavy atom. The van der Waals surface area contributed by atoms with E-state index in [1.165, 1.54) is 0 Å². The number of carbonyl (C=O) groups is 1. The van der Waals surface area contributed by atoms with Gasteiger partial charge in [0, 0.05) is 5.56 Å². The molecule has 0 aliphatic carbocycles. The number of hydrogen-bond acceptors (Lipinski definition) is 3. The van der Waals surface area contributed by atoms with Gasteiger partial charge in [0.2, 0.25) is 0 Å². The number of aromatic nitrogens is 2. The van der Waals surface area contributed by atoms with Gasteiger partial charge in [-0.3, -0.25) is 4.79 Å². The molecule has 80 valence electrons. The molecular formula is C13H12N2O. The Balaban J connectivity index is 2.69. The highest BCUT2D eigenvalue weighted by atomic mass is 16.1. The van der Waals surface area contributed by atoms with Crippen LogP contribution in [0.4, 0.5) is 0 Å². The van der Waals surface area contributed by atoms with Gasteiger partial charge in [0.25, 0.3) is 0 Å². The van der Waals surface area contributed by atoms with E-state index in [1.807, 2.05) is 44.2 Å². The minimum Gasteiger partial charge on any atom is -0.298 e. The summed E-state index contributed by atoms with van der Waals surface area (Å²) in [5.74, 6) is 0.682. The molecule has 1 heterocycles. The second kappa shape index (κ2) is 4.23. The van der Waals surface area contributed by atoms with Crippen molar-refractivity contribution in [2.75, 3.05) is 0 Å². The summed E-state index contributed by atoms with van der Waals surface area (Å²) < 4.78 is 0. The van der Waals surface area contributed by atoms with Crippen molar-refractivity contribution in [1.82, 2.24) is 9.97 Å². The maximum absolute atomic E-state index is 11.1.